The van der Waals surface area contributed by atoms with Crippen molar-refractivity contribution in [2.75, 3.05) is 20.6 Å². The Hall–Kier alpha value is -1.35. The average molecular weight is 235 g/mol. The van der Waals surface area contributed by atoms with E-state index in [1.54, 1.807) is 7.05 Å². The molecule has 0 spiro atoms. The molecule has 0 unspecified atom stereocenters. The topological polar surface area (TPSA) is 50.4 Å². The summed E-state index contributed by atoms with van der Waals surface area (Å²) < 4.78 is 0. The van der Waals surface area contributed by atoms with E-state index in [9.17, 15) is 0 Å². The minimum absolute atomic E-state index is 0.750. The van der Waals surface area contributed by atoms with Gasteiger partial charge in [0.2, 0.25) is 0 Å². The number of aryl methyl sites for hydroxylation is 1. The van der Waals surface area contributed by atoms with Crippen molar-refractivity contribution in [3.8, 4) is 0 Å². The van der Waals surface area contributed by atoms with Crippen LogP contribution in [-0.4, -0.2) is 26.5 Å². The normalized spacial score (nSPS) is 10.5. The van der Waals surface area contributed by atoms with Gasteiger partial charge in [-0.1, -0.05) is 38.1 Å². The quantitative estimate of drug-likeness (QED) is 0.621. The van der Waals surface area contributed by atoms with Crippen LogP contribution in [-0.2, 0) is 6.42 Å². The summed E-state index contributed by atoms with van der Waals surface area (Å²) in [5, 5.41) is 3.06. The molecule has 17 heavy (non-hydrogen) atoms. The van der Waals surface area contributed by atoms with Crippen LogP contribution in [0.3, 0.4) is 0 Å². The molecule has 0 saturated carbocycles. The minimum Gasteiger partial charge on any atom is -0.373 e. The number of rotatable bonds is 4. The monoisotopic (exact) mass is 235 g/mol. The van der Waals surface area contributed by atoms with Crippen LogP contribution < -0.4 is 11.1 Å². The van der Waals surface area contributed by atoms with Crippen molar-refractivity contribution in [1.29, 1.82) is 0 Å². The third-order valence-electron chi connectivity index (χ3n) is 2.36. The third kappa shape index (κ3) is 5.50. The summed E-state index contributed by atoms with van der Waals surface area (Å²) in [6.07, 6.45) is 2.09. The van der Waals surface area contributed by atoms with E-state index in [1.165, 1.54) is 5.56 Å². The second-order valence-corrected chi connectivity index (χ2v) is 3.41. The van der Waals surface area contributed by atoms with Crippen LogP contribution >= 0.6 is 0 Å². The molecule has 0 radical (unpaired) electrons. The molecule has 96 valence electrons. The van der Waals surface area contributed by atoms with E-state index in [0.29, 0.717) is 0 Å². The van der Waals surface area contributed by atoms with Gasteiger partial charge in [0.15, 0.2) is 0 Å². The van der Waals surface area contributed by atoms with E-state index in [1.807, 2.05) is 20.9 Å². The van der Waals surface area contributed by atoms with Gasteiger partial charge >= 0.3 is 0 Å². The highest BCUT2D eigenvalue weighted by molar-refractivity contribution is 5.98. The number of nitrogens with two attached hydrogens (primary N) is 1. The van der Waals surface area contributed by atoms with Gasteiger partial charge < -0.3 is 11.1 Å². The number of amidine groups is 1. The van der Waals surface area contributed by atoms with Crippen LogP contribution in [0, 0.1) is 0 Å². The van der Waals surface area contributed by atoms with E-state index >= 15 is 0 Å². The molecule has 0 bridgehead atoms. The molecule has 1 aromatic rings. The number of aliphatic imine (C=N–C) groups is 1. The predicted octanol–water partition coefficient (Wildman–Crippen LogP) is 2.20. The van der Waals surface area contributed by atoms with Crippen LogP contribution in [0.2, 0.25) is 0 Å². The lowest BCUT2D eigenvalue weighted by atomic mass is 10.1. The Morgan fingerprint density at radius 3 is 2.24 bits per heavy atom. The van der Waals surface area contributed by atoms with Crippen molar-refractivity contribution in [2.45, 2.75) is 26.7 Å². The molecule has 0 aliphatic rings. The van der Waals surface area contributed by atoms with E-state index in [4.69, 9.17) is 5.73 Å². The Labute approximate surface area is 105 Å². The SMILES string of the molecule is CC.CN=C(NC)c1ccc(CCCN)cc1. The predicted molar refractivity (Wildman–Crippen MR) is 76.7 cm³/mol. The number of benzene rings is 1. The first kappa shape index (κ1) is 15.7. The fourth-order valence-corrected chi connectivity index (χ4v) is 1.52. The molecule has 0 aromatic heterocycles. The average Bonchev–Trinajstić information content (AvgIpc) is 2.41. The summed E-state index contributed by atoms with van der Waals surface area (Å²) in [5.74, 6) is 0.917. The Balaban J connectivity index is 0.00000121. The van der Waals surface area contributed by atoms with Crippen LogP contribution in [0.5, 0.6) is 0 Å². The summed E-state index contributed by atoms with van der Waals surface area (Å²) in [5.41, 5.74) is 7.92. The van der Waals surface area contributed by atoms with Gasteiger partial charge in [0.25, 0.3) is 0 Å². The molecular formula is C14H25N3. The molecule has 1 rings (SSSR count). The van der Waals surface area contributed by atoms with Gasteiger partial charge in [0.05, 0.1) is 0 Å². The van der Waals surface area contributed by atoms with Gasteiger partial charge in [-0.15, -0.1) is 0 Å². The van der Waals surface area contributed by atoms with Crippen molar-refractivity contribution in [1.82, 2.24) is 5.32 Å². The highest BCUT2D eigenvalue weighted by Crippen LogP contribution is 2.06. The maximum absolute atomic E-state index is 5.47. The van der Waals surface area contributed by atoms with Gasteiger partial charge in [-0.25, -0.2) is 0 Å². The number of nitrogens with zero attached hydrogens (tertiary/aromatic N) is 1. The number of hydrogen-bond donors (Lipinski definition) is 2. The van der Waals surface area contributed by atoms with Crippen LogP contribution in [0.4, 0.5) is 0 Å². The standard InChI is InChI=1S/C12H19N3.C2H6/c1-14-12(15-2)11-7-5-10(6-8-11)4-3-9-13;1-2/h5-8H,3-4,9,13H2,1-2H3,(H,14,15);1-2H3. The Morgan fingerprint density at radius 1 is 1.24 bits per heavy atom. The molecule has 0 atom stereocenters. The highest BCUT2D eigenvalue weighted by Gasteiger charge is 1.99. The first-order valence-corrected chi connectivity index (χ1v) is 6.25. The maximum Gasteiger partial charge on any atom is 0.127 e. The first-order chi connectivity index (χ1) is 8.31. The Morgan fingerprint density at radius 2 is 1.82 bits per heavy atom. The van der Waals surface area contributed by atoms with E-state index < -0.39 is 0 Å². The summed E-state index contributed by atoms with van der Waals surface area (Å²) in [7, 11) is 3.67. The molecular weight excluding hydrogens is 210 g/mol. The van der Waals surface area contributed by atoms with Gasteiger partial charge in [0.1, 0.15) is 5.84 Å². The van der Waals surface area contributed by atoms with Crippen molar-refractivity contribution >= 4 is 5.84 Å². The van der Waals surface area contributed by atoms with Crippen molar-refractivity contribution < 1.29 is 0 Å². The minimum atomic E-state index is 0.750. The molecule has 0 amide bonds. The van der Waals surface area contributed by atoms with E-state index in [2.05, 4.69) is 34.6 Å². The molecule has 3 N–H and O–H groups in total. The molecule has 1 aromatic carbocycles. The summed E-state index contributed by atoms with van der Waals surface area (Å²) in [4.78, 5) is 4.15. The van der Waals surface area contributed by atoms with Crippen molar-refractivity contribution in [2.24, 2.45) is 10.7 Å². The molecule has 0 heterocycles. The first-order valence-electron chi connectivity index (χ1n) is 6.25. The van der Waals surface area contributed by atoms with Gasteiger partial charge in [-0.2, -0.15) is 0 Å². The molecule has 0 aliphatic heterocycles. The van der Waals surface area contributed by atoms with E-state index in [0.717, 1.165) is 30.8 Å². The molecule has 0 saturated heterocycles. The largest absolute Gasteiger partial charge is 0.373 e. The van der Waals surface area contributed by atoms with Gasteiger partial charge in [-0.3, -0.25) is 4.99 Å². The van der Waals surface area contributed by atoms with Crippen molar-refractivity contribution in [3.05, 3.63) is 35.4 Å². The lowest BCUT2D eigenvalue weighted by molar-refractivity contribution is 0.832. The van der Waals surface area contributed by atoms with Crippen LogP contribution in [0.25, 0.3) is 0 Å². The zero-order valence-corrected chi connectivity index (χ0v) is 11.5. The third-order valence-corrected chi connectivity index (χ3v) is 2.36. The fourth-order valence-electron chi connectivity index (χ4n) is 1.52. The number of nitrogens with one attached hydrogen (secondary N) is 1. The second-order valence-electron chi connectivity index (χ2n) is 3.41. The molecule has 3 nitrogen and oxygen atoms in total. The maximum atomic E-state index is 5.47. The fraction of sp³-hybridized carbons (Fsp3) is 0.500. The highest BCUT2D eigenvalue weighted by atomic mass is 14.9. The summed E-state index contributed by atoms with van der Waals surface area (Å²) >= 11 is 0. The zero-order chi connectivity index (χ0) is 13.1. The lowest BCUT2D eigenvalue weighted by Crippen LogP contribution is -2.19. The molecule has 3 heteroatoms. The zero-order valence-electron chi connectivity index (χ0n) is 11.5. The smallest absolute Gasteiger partial charge is 0.127 e. The second kappa shape index (κ2) is 9.85. The molecule has 0 aliphatic carbocycles. The molecule has 0 fully saturated rings. The van der Waals surface area contributed by atoms with Crippen LogP contribution in [0.1, 0.15) is 31.4 Å². The Bertz CT molecular complexity index is 315. The lowest BCUT2D eigenvalue weighted by Gasteiger charge is -2.06. The van der Waals surface area contributed by atoms with Gasteiger partial charge in [-0.05, 0) is 24.9 Å². The van der Waals surface area contributed by atoms with Crippen molar-refractivity contribution in [3.63, 3.8) is 0 Å². The summed E-state index contributed by atoms with van der Waals surface area (Å²) in [6.45, 7) is 4.75. The van der Waals surface area contributed by atoms with Gasteiger partial charge in [0, 0.05) is 19.7 Å². The van der Waals surface area contributed by atoms with E-state index in [-0.39, 0.29) is 0 Å². The number of hydrogen-bond acceptors (Lipinski definition) is 2. The Kier molecular flexibility index (Phi) is 9.06. The van der Waals surface area contributed by atoms with Crippen LogP contribution in [0.15, 0.2) is 29.3 Å². The summed E-state index contributed by atoms with van der Waals surface area (Å²) in [6, 6.07) is 8.44.